The SMILES string of the molecule is CCCn1c(=NC(=O)c2ccc(S(=O)(=O)N(C)C(C)C)cc2)sc2cc(SC)ccc21. The molecule has 3 aromatic rings. The molecule has 0 saturated heterocycles. The van der Waals surface area contributed by atoms with Gasteiger partial charge in [0.25, 0.3) is 5.91 Å². The minimum Gasteiger partial charge on any atom is -0.316 e. The van der Waals surface area contributed by atoms with E-state index in [1.807, 2.05) is 20.1 Å². The van der Waals surface area contributed by atoms with Gasteiger partial charge in [-0.3, -0.25) is 4.79 Å². The van der Waals surface area contributed by atoms with Gasteiger partial charge in [-0.2, -0.15) is 9.30 Å². The average molecular weight is 478 g/mol. The predicted molar refractivity (Wildman–Crippen MR) is 128 cm³/mol. The number of nitrogens with zero attached hydrogens (tertiary/aromatic N) is 3. The summed E-state index contributed by atoms with van der Waals surface area (Å²) in [6.07, 6.45) is 2.96. The van der Waals surface area contributed by atoms with Gasteiger partial charge in [0.05, 0.1) is 15.1 Å². The molecular formula is C22H27N3O3S3. The van der Waals surface area contributed by atoms with Gasteiger partial charge < -0.3 is 4.57 Å². The van der Waals surface area contributed by atoms with Crippen LogP contribution in [0.1, 0.15) is 37.6 Å². The molecule has 0 aliphatic carbocycles. The summed E-state index contributed by atoms with van der Waals surface area (Å²) in [5.74, 6) is -0.386. The molecular weight excluding hydrogens is 450 g/mol. The Labute approximate surface area is 191 Å². The van der Waals surface area contributed by atoms with Crippen LogP contribution in [0.5, 0.6) is 0 Å². The minimum atomic E-state index is -3.59. The number of hydrogen-bond acceptors (Lipinski definition) is 5. The number of thiazole rings is 1. The lowest BCUT2D eigenvalue weighted by Gasteiger charge is -2.20. The van der Waals surface area contributed by atoms with Crippen LogP contribution in [0.4, 0.5) is 0 Å². The first-order chi connectivity index (χ1) is 14.7. The van der Waals surface area contributed by atoms with E-state index in [1.54, 1.807) is 18.8 Å². The van der Waals surface area contributed by atoms with Crippen molar-refractivity contribution in [3.63, 3.8) is 0 Å². The molecule has 166 valence electrons. The van der Waals surface area contributed by atoms with E-state index >= 15 is 0 Å². The van der Waals surface area contributed by atoms with E-state index in [9.17, 15) is 13.2 Å². The van der Waals surface area contributed by atoms with E-state index in [-0.39, 0.29) is 16.8 Å². The van der Waals surface area contributed by atoms with Crippen LogP contribution in [0, 0.1) is 0 Å². The number of sulfonamides is 1. The average Bonchev–Trinajstić information content (AvgIpc) is 3.09. The first kappa shape index (κ1) is 23.7. The summed E-state index contributed by atoms with van der Waals surface area (Å²) >= 11 is 3.17. The van der Waals surface area contributed by atoms with Crippen molar-refractivity contribution in [2.24, 2.45) is 4.99 Å². The molecule has 9 heteroatoms. The van der Waals surface area contributed by atoms with Crippen LogP contribution in [-0.4, -0.2) is 42.5 Å². The van der Waals surface area contributed by atoms with E-state index in [1.165, 1.54) is 44.8 Å². The second kappa shape index (κ2) is 9.68. The molecule has 3 rings (SSSR count). The highest BCUT2D eigenvalue weighted by atomic mass is 32.2. The summed E-state index contributed by atoms with van der Waals surface area (Å²) in [6, 6.07) is 12.1. The van der Waals surface area contributed by atoms with E-state index < -0.39 is 10.0 Å². The van der Waals surface area contributed by atoms with Crippen LogP contribution >= 0.6 is 23.1 Å². The van der Waals surface area contributed by atoms with Crippen molar-refractivity contribution in [1.29, 1.82) is 0 Å². The Balaban J connectivity index is 1.98. The third-order valence-electron chi connectivity index (χ3n) is 5.04. The standard InChI is InChI=1S/C22H27N3O3S3/c1-6-13-25-19-12-9-17(29-5)14-20(19)30-22(25)23-21(26)16-7-10-18(11-8-16)31(27,28)24(4)15(2)3/h7-12,14-15H,6,13H2,1-5H3. The van der Waals surface area contributed by atoms with Gasteiger partial charge in [0.1, 0.15) is 0 Å². The zero-order valence-electron chi connectivity index (χ0n) is 18.3. The third-order valence-corrected chi connectivity index (χ3v) is 8.85. The molecule has 0 atom stereocenters. The molecule has 0 radical (unpaired) electrons. The Morgan fingerprint density at radius 1 is 1.19 bits per heavy atom. The van der Waals surface area contributed by atoms with Crippen LogP contribution in [0.25, 0.3) is 10.2 Å². The van der Waals surface area contributed by atoms with Crippen molar-refractivity contribution >= 4 is 49.2 Å². The maximum atomic E-state index is 12.8. The highest BCUT2D eigenvalue weighted by Gasteiger charge is 2.23. The number of hydrogen-bond donors (Lipinski definition) is 0. The molecule has 2 aromatic carbocycles. The molecule has 0 N–H and O–H groups in total. The van der Waals surface area contributed by atoms with Crippen molar-refractivity contribution in [3.8, 4) is 0 Å². The third kappa shape index (κ3) is 4.95. The number of amides is 1. The van der Waals surface area contributed by atoms with Crippen LogP contribution in [0.15, 0.2) is 57.2 Å². The zero-order chi connectivity index (χ0) is 22.8. The molecule has 1 amide bonds. The molecule has 1 heterocycles. The summed E-state index contributed by atoms with van der Waals surface area (Å²) in [5, 5.41) is 0. The topological polar surface area (TPSA) is 71.7 Å². The number of carbonyl (C=O) groups is 1. The Bertz CT molecular complexity index is 1260. The number of fused-ring (bicyclic) bond motifs is 1. The number of aryl methyl sites for hydroxylation is 1. The monoisotopic (exact) mass is 477 g/mol. The smallest absolute Gasteiger partial charge is 0.279 e. The van der Waals surface area contributed by atoms with E-state index in [2.05, 4.69) is 34.7 Å². The fourth-order valence-electron chi connectivity index (χ4n) is 3.07. The van der Waals surface area contributed by atoms with Crippen molar-refractivity contribution in [1.82, 2.24) is 8.87 Å². The predicted octanol–water partition coefficient (Wildman–Crippen LogP) is 4.60. The molecule has 0 spiro atoms. The minimum absolute atomic E-state index is 0.157. The number of aromatic nitrogens is 1. The van der Waals surface area contributed by atoms with Gasteiger partial charge in [0, 0.05) is 30.1 Å². The summed E-state index contributed by atoms with van der Waals surface area (Å²) in [5.41, 5.74) is 1.42. The van der Waals surface area contributed by atoms with Gasteiger partial charge in [0.15, 0.2) is 4.80 Å². The zero-order valence-corrected chi connectivity index (χ0v) is 20.8. The van der Waals surface area contributed by atoms with E-state index in [0.29, 0.717) is 10.4 Å². The van der Waals surface area contributed by atoms with Crippen LogP contribution in [-0.2, 0) is 16.6 Å². The molecule has 0 bridgehead atoms. The quantitative estimate of drug-likeness (QED) is 0.466. The highest BCUT2D eigenvalue weighted by molar-refractivity contribution is 7.98. The van der Waals surface area contributed by atoms with Gasteiger partial charge in [-0.05, 0) is 69.0 Å². The van der Waals surface area contributed by atoms with E-state index in [0.717, 1.165) is 23.2 Å². The maximum absolute atomic E-state index is 12.8. The first-order valence-electron chi connectivity index (χ1n) is 10.0. The lowest BCUT2D eigenvalue weighted by molar-refractivity contribution is 0.0997. The van der Waals surface area contributed by atoms with Crippen molar-refractivity contribution in [2.45, 2.75) is 49.6 Å². The summed E-state index contributed by atoms with van der Waals surface area (Å²) < 4.78 is 29.7. The number of carbonyl (C=O) groups excluding carboxylic acids is 1. The fraction of sp³-hybridized carbons (Fsp3) is 0.364. The van der Waals surface area contributed by atoms with Crippen molar-refractivity contribution in [3.05, 3.63) is 52.8 Å². The Morgan fingerprint density at radius 2 is 1.87 bits per heavy atom. The molecule has 0 aliphatic heterocycles. The number of benzene rings is 2. The Hall–Kier alpha value is -1.94. The number of rotatable bonds is 7. The molecule has 0 unspecified atom stereocenters. The Kier molecular flexibility index (Phi) is 7.41. The van der Waals surface area contributed by atoms with Crippen LogP contribution in [0.3, 0.4) is 0 Å². The molecule has 0 aliphatic rings. The second-order valence-corrected chi connectivity index (χ2v) is 11.3. The normalized spacial score (nSPS) is 12.9. The molecule has 1 aromatic heterocycles. The van der Waals surface area contributed by atoms with Gasteiger partial charge >= 0.3 is 0 Å². The van der Waals surface area contributed by atoms with Gasteiger partial charge in [-0.1, -0.05) is 18.3 Å². The first-order valence-corrected chi connectivity index (χ1v) is 13.5. The Morgan fingerprint density at radius 3 is 2.45 bits per heavy atom. The lowest BCUT2D eigenvalue weighted by atomic mass is 10.2. The highest BCUT2D eigenvalue weighted by Crippen LogP contribution is 2.24. The molecule has 6 nitrogen and oxygen atoms in total. The summed E-state index contributed by atoms with van der Waals surface area (Å²) in [7, 11) is -2.04. The summed E-state index contributed by atoms with van der Waals surface area (Å²) in [6.45, 7) is 6.48. The van der Waals surface area contributed by atoms with Gasteiger partial charge in [-0.25, -0.2) is 8.42 Å². The fourth-order valence-corrected chi connectivity index (χ4v) is 6.05. The van der Waals surface area contributed by atoms with E-state index in [4.69, 9.17) is 0 Å². The largest absolute Gasteiger partial charge is 0.316 e. The van der Waals surface area contributed by atoms with Crippen LogP contribution in [0.2, 0.25) is 0 Å². The van der Waals surface area contributed by atoms with Crippen molar-refractivity contribution < 1.29 is 13.2 Å². The molecule has 0 fully saturated rings. The van der Waals surface area contributed by atoms with Crippen molar-refractivity contribution in [2.75, 3.05) is 13.3 Å². The maximum Gasteiger partial charge on any atom is 0.279 e. The number of thioether (sulfide) groups is 1. The van der Waals surface area contributed by atoms with Gasteiger partial charge in [-0.15, -0.1) is 11.8 Å². The van der Waals surface area contributed by atoms with Crippen LogP contribution < -0.4 is 4.80 Å². The lowest BCUT2D eigenvalue weighted by Crippen LogP contribution is -2.33. The molecule has 31 heavy (non-hydrogen) atoms. The second-order valence-electron chi connectivity index (χ2n) is 7.43. The van der Waals surface area contributed by atoms with Gasteiger partial charge in [0.2, 0.25) is 10.0 Å². The summed E-state index contributed by atoms with van der Waals surface area (Å²) in [4.78, 5) is 19.2. The molecule has 0 saturated carbocycles.